The zero-order valence-electron chi connectivity index (χ0n) is 7.98. The zero-order valence-corrected chi connectivity index (χ0v) is 7.98. The highest BCUT2D eigenvalue weighted by Crippen LogP contribution is 2.25. The molecular formula is C9H19NO. The molecule has 0 aromatic heterocycles. The van der Waals surface area contributed by atoms with Crippen molar-refractivity contribution < 1.29 is 4.74 Å². The van der Waals surface area contributed by atoms with Crippen LogP contribution in [0.1, 0.15) is 27.7 Å². The lowest BCUT2D eigenvalue weighted by molar-refractivity contribution is -0.104. The molecule has 2 nitrogen and oxygen atoms in total. The number of rotatable bonds is 3. The monoisotopic (exact) mass is 157 g/mol. The number of hydrogen-bond donors (Lipinski definition) is 1. The predicted octanol–water partition coefficient (Wildman–Crippen LogP) is 1.41. The van der Waals surface area contributed by atoms with E-state index in [-0.39, 0.29) is 5.60 Å². The largest absolute Gasteiger partial charge is 0.373 e. The summed E-state index contributed by atoms with van der Waals surface area (Å²) in [6.07, 6.45) is 0.339. The molecule has 0 bridgehead atoms. The average Bonchev–Trinajstić information content (AvgIpc) is 1.50. The Morgan fingerprint density at radius 1 is 1.36 bits per heavy atom. The molecule has 0 amide bonds. The van der Waals surface area contributed by atoms with Gasteiger partial charge in [-0.05, 0) is 27.7 Å². The minimum atomic E-state index is 0.0550. The van der Waals surface area contributed by atoms with Gasteiger partial charge < -0.3 is 10.1 Å². The van der Waals surface area contributed by atoms with E-state index in [1.54, 1.807) is 0 Å². The van der Waals surface area contributed by atoms with Crippen LogP contribution in [0.2, 0.25) is 0 Å². The van der Waals surface area contributed by atoms with Crippen LogP contribution in [-0.2, 0) is 4.74 Å². The van der Waals surface area contributed by atoms with Gasteiger partial charge in [-0.2, -0.15) is 0 Å². The number of hydrogen-bond acceptors (Lipinski definition) is 2. The van der Waals surface area contributed by atoms with Crippen LogP contribution < -0.4 is 5.32 Å². The minimum absolute atomic E-state index is 0.0550. The Hall–Kier alpha value is -0.0800. The van der Waals surface area contributed by atoms with Gasteiger partial charge in [0.1, 0.15) is 0 Å². The van der Waals surface area contributed by atoms with Crippen molar-refractivity contribution in [2.75, 3.05) is 13.1 Å². The Bertz CT molecular complexity index is 128. The first-order valence-corrected chi connectivity index (χ1v) is 4.41. The summed E-state index contributed by atoms with van der Waals surface area (Å²) < 4.78 is 5.80. The lowest BCUT2D eigenvalue weighted by Crippen LogP contribution is -2.54. The molecule has 0 spiro atoms. The maximum Gasteiger partial charge on any atom is 0.0682 e. The van der Waals surface area contributed by atoms with E-state index in [0.29, 0.717) is 12.0 Å². The van der Waals surface area contributed by atoms with E-state index in [1.807, 2.05) is 0 Å². The molecular weight excluding hydrogens is 138 g/mol. The molecule has 2 heteroatoms. The third-order valence-corrected chi connectivity index (χ3v) is 2.30. The Morgan fingerprint density at radius 2 is 1.91 bits per heavy atom. The smallest absolute Gasteiger partial charge is 0.0682 e. The summed E-state index contributed by atoms with van der Waals surface area (Å²) >= 11 is 0. The Labute approximate surface area is 69.3 Å². The highest BCUT2D eigenvalue weighted by atomic mass is 16.5. The van der Waals surface area contributed by atoms with Crippen LogP contribution in [0, 0.1) is 5.92 Å². The van der Waals surface area contributed by atoms with E-state index in [0.717, 1.165) is 13.1 Å². The van der Waals surface area contributed by atoms with E-state index < -0.39 is 0 Å². The number of nitrogens with one attached hydrogen (secondary N) is 1. The van der Waals surface area contributed by atoms with E-state index in [9.17, 15) is 0 Å². The first kappa shape index (κ1) is 9.01. The van der Waals surface area contributed by atoms with Crippen molar-refractivity contribution in [1.82, 2.24) is 5.32 Å². The van der Waals surface area contributed by atoms with E-state index in [2.05, 4.69) is 33.0 Å². The summed E-state index contributed by atoms with van der Waals surface area (Å²) in [5.41, 5.74) is 0.0550. The van der Waals surface area contributed by atoms with Crippen LogP contribution >= 0.6 is 0 Å². The summed E-state index contributed by atoms with van der Waals surface area (Å²) in [5, 5.41) is 3.26. The van der Waals surface area contributed by atoms with E-state index >= 15 is 0 Å². The van der Waals surface area contributed by atoms with Gasteiger partial charge in [-0.3, -0.25) is 0 Å². The Balaban J connectivity index is 2.37. The molecule has 1 saturated heterocycles. The molecule has 1 aliphatic rings. The Morgan fingerprint density at radius 3 is 2.18 bits per heavy atom. The van der Waals surface area contributed by atoms with Crippen LogP contribution in [0.5, 0.6) is 0 Å². The van der Waals surface area contributed by atoms with Crippen LogP contribution in [0.25, 0.3) is 0 Å². The van der Waals surface area contributed by atoms with E-state index in [4.69, 9.17) is 4.74 Å². The molecule has 66 valence electrons. The van der Waals surface area contributed by atoms with Gasteiger partial charge >= 0.3 is 0 Å². The summed E-state index contributed by atoms with van der Waals surface area (Å²) in [6, 6.07) is 0. The van der Waals surface area contributed by atoms with Crippen molar-refractivity contribution in [2.45, 2.75) is 39.4 Å². The van der Waals surface area contributed by atoms with Crippen LogP contribution in [0.4, 0.5) is 0 Å². The maximum atomic E-state index is 5.80. The van der Waals surface area contributed by atoms with E-state index in [1.165, 1.54) is 0 Å². The molecule has 0 aromatic rings. The van der Waals surface area contributed by atoms with Gasteiger partial charge in [0, 0.05) is 19.0 Å². The summed E-state index contributed by atoms with van der Waals surface area (Å²) in [5.74, 6) is 0.699. The third kappa shape index (κ3) is 2.17. The molecule has 1 aliphatic heterocycles. The third-order valence-electron chi connectivity index (χ3n) is 2.30. The second kappa shape index (κ2) is 3.11. The molecule has 1 heterocycles. The molecule has 11 heavy (non-hydrogen) atoms. The Kier molecular flexibility index (Phi) is 2.55. The second-order valence-corrected chi connectivity index (χ2v) is 4.13. The molecule has 1 rings (SSSR count). The van der Waals surface area contributed by atoms with Gasteiger partial charge in [0.15, 0.2) is 0 Å². The fraction of sp³-hybridized carbons (Fsp3) is 1.00. The van der Waals surface area contributed by atoms with Gasteiger partial charge in [-0.15, -0.1) is 0 Å². The molecule has 1 fully saturated rings. The normalized spacial score (nSPS) is 20.5. The quantitative estimate of drug-likeness (QED) is 0.669. The van der Waals surface area contributed by atoms with Crippen molar-refractivity contribution in [2.24, 2.45) is 5.92 Å². The highest BCUT2D eigenvalue weighted by molar-refractivity contribution is 4.89. The standard InChI is InChI=1S/C9H19NO/c1-7(2)11-9(3,4)8-5-10-6-8/h7-8,10H,5-6H2,1-4H3. The fourth-order valence-electron chi connectivity index (χ4n) is 1.48. The van der Waals surface area contributed by atoms with Crippen LogP contribution in [0.15, 0.2) is 0 Å². The number of ether oxygens (including phenoxy) is 1. The van der Waals surface area contributed by atoms with Gasteiger partial charge in [-0.25, -0.2) is 0 Å². The fourth-order valence-corrected chi connectivity index (χ4v) is 1.48. The maximum absolute atomic E-state index is 5.80. The average molecular weight is 157 g/mol. The first-order chi connectivity index (χ1) is 5.02. The molecule has 1 N–H and O–H groups in total. The molecule has 0 aliphatic carbocycles. The second-order valence-electron chi connectivity index (χ2n) is 4.13. The van der Waals surface area contributed by atoms with Gasteiger partial charge in [-0.1, -0.05) is 0 Å². The highest BCUT2D eigenvalue weighted by Gasteiger charge is 2.35. The van der Waals surface area contributed by atoms with Crippen LogP contribution in [0.3, 0.4) is 0 Å². The van der Waals surface area contributed by atoms with Crippen molar-refractivity contribution in [3.8, 4) is 0 Å². The summed E-state index contributed by atoms with van der Waals surface area (Å²) in [4.78, 5) is 0. The van der Waals surface area contributed by atoms with Crippen molar-refractivity contribution in [3.63, 3.8) is 0 Å². The minimum Gasteiger partial charge on any atom is -0.373 e. The van der Waals surface area contributed by atoms with Crippen molar-refractivity contribution in [1.29, 1.82) is 0 Å². The SMILES string of the molecule is CC(C)OC(C)(C)C1CNC1. The molecule has 0 radical (unpaired) electrons. The summed E-state index contributed by atoms with van der Waals surface area (Å²) in [7, 11) is 0. The molecule has 0 atom stereocenters. The van der Waals surface area contributed by atoms with Gasteiger partial charge in [0.25, 0.3) is 0 Å². The van der Waals surface area contributed by atoms with Gasteiger partial charge in [0.05, 0.1) is 11.7 Å². The molecule has 0 saturated carbocycles. The summed E-state index contributed by atoms with van der Waals surface area (Å²) in [6.45, 7) is 10.8. The van der Waals surface area contributed by atoms with Crippen LogP contribution in [-0.4, -0.2) is 24.8 Å². The van der Waals surface area contributed by atoms with Crippen molar-refractivity contribution in [3.05, 3.63) is 0 Å². The molecule has 0 unspecified atom stereocenters. The first-order valence-electron chi connectivity index (χ1n) is 4.41. The molecule has 0 aromatic carbocycles. The predicted molar refractivity (Wildman–Crippen MR) is 46.7 cm³/mol. The topological polar surface area (TPSA) is 21.3 Å². The lowest BCUT2D eigenvalue weighted by Gasteiger charge is -2.41. The van der Waals surface area contributed by atoms with Gasteiger partial charge in [0.2, 0.25) is 0 Å². The lowest BCUT2D eigenvalue weighted by atomic mass is 9.86. The zero-order chi connectivity index (χ0) is 8.48. The van der Waals surface area contributed by atoms with Crippen molar-refractivity contribution >= 4 is 0 Å².